The van der Waals surface area contributed by atoms with E-state index in [9.17, 15) is 27.2 Å². The molecule has 3 N–H and O–H groups in total. The molecular formula is C27H35F4N5O2. The quantitative estimate of drug-likeness (QED) is 0.368. The van der Waals surface area contributed by atoms with Crippen LogP contribution in [0.5, 0.6) is 0 Å². The smallest absolute Gasteiger partial charge is 0.379 e. The number of rotatable bonds is 7. The highest BCUT2D eigenvalue weighted by Gasteiger charge is 2.41. The van der Waals surface area contributed by atoms with Gasteiger partial charge in [-0.1, -0.05) is 30.9 Å². The van der Waals surface area contributed by atoms with Crippen LogP contribution in [0.25, 0.3) is 0 Å². The summed E-state index contributed by atoms with van der Waals surface area (Å²) in [5.74, 6) is -0.343. The van der Waals surface area contributed by atoms with Gasteiger partial charge in [0.1, 0.15) is 12.2 Å². The molecule has 3 heterocycles. The van der Waals surface area contributed by atoms with Crippen molar-refractivity contribution in [1.29, 1.82) is 0 Å². The van der Waals surface area contributed by atoms with Crippen LogP contribution in [0.3, 0.4) is 0 Å². The number of nitrogens with one attached hydrogen (secondary N) is 3. The zero-order valence-corrected chi connectivity index (χ0v) is 21.7. The van der Waals surface area contributed by atoms with Crippen LogP contribution in [0.1, 0.15) is 36.4 Å². The number of likely N-dealkylation sites (tertiary alicyclic amines) is 2. The molecular weight excluding hydrogens is 502 g/mol. The number of carbonyl (C=O) groups is 2. The molecule has 3 aliphatic rings. The SMILES string of the molecule is C=C(C1NC(/C=C/CNC(=O)[C@@H]2CCC(=O)N2C)Cc2c(N[C@@H]3CCN(C)C[C@@H]3F)cccc21)C(F)(F)F. The predicted octanol–water partition coefficient (Wildman–Crippen LogP) is 3.11. The molecule has 0 saturated carbocycles. The molecule has 0 aliphatic carbocycles. The van der Waals surface area contributed by atoms with Gasteiger partial charge in [0.2, 0.25) is 11.8 Å². The number of halogens is 4. The Morgan fingerprint density at radius 1 is 1.26 bits per heavy atom. The van der Waals surface area contributed by atoms with Gasteiger partial charge in [-0.2, -0.15) is 13.2 Å². The zero-order valence-electron chi connectivity index (χ0n) is 21.7. The molecule has 11 heteroatoms. The van der Waals surface area contributed by atoms with Gasteiger partial charge in [-0.3, -0.25) is 14.9 Å². The summed E-state index contributed by atoms with van der Waals surface area (Å²) in [6, 6.07) is 2.53. The summed E-state index contributed by atoms with van der Waals surface area (Å²) >= 11 is 0. The molecule has 3 aliphatic heterocycles. The number of benzene rings is 1. The van der Waals surface area contributed by atoms with Crippen LogP contribution in [-0.4, -0.2) is 85.8 Å². The summed E-state index contributed by atoms with van der Waals surface area (Å²) in [6.07, 6.45) is -0.515. The van der Waals surface area contributed by atoms with Crippen molar-refractivity contribution in [3.05, 3.63) is 53.6 Å². The zero-order chi connectivity index (χ0) is 27.6. The number of likely N-dealkylation sites (N-methyl/N-ethyl adjacent to an activating group) is 1. The average molecular weight is 538 g/mol. The molecule has 1 aromatic rings. The van der Waals surface area contributed by atoms with E-state index in [-0.39, 0.29) is 18.4 Å². The van der Waals surface area contributed by atoms with E-state index in [2.05, 4.69) is 22.5 Å². The Labute approximate surface area is 220 Å². The monoisotopic (exact) mass is 537 g/mol. The van der Waals surface area contributed by atoms with E-state index >= 15 is 0 Å². The van der Waals surface area contributed by atoms with Gasteiger partial charge < -0.3 is 20.4 Å². The first-order valence-electron chi connectivity index (χ1n) is 12.9. The lowest BCUT2D eigenvalue weighted by molar-refractivity contribution is -0.133. The minimum Gasteiger partial charge on any atom is -0.379 e. The molecule has 2 amide bonds. The van der Waals surface area contributed by atoms with E-state index in [0.29, 0.717) is 49.0 Å². The Morgan fingerprint density at radius 2 is 2.03 bits per heavy atom. The van der Waals surface area contributed by atoms with E-state index in [1.165, 1.54) is 4.90 Å². The largest absolute Gasteiger partial charge is 0.413 e. The second kappa shape index (κ2) is 11.4. The summed E-state index contributed by atoms with van der Waals surface area (Å²) in [7, 11) is 3.45. The summed E-state index contributed by atoms with van der Waals surface area (Å²) in [5.41, 5.74) is 0.880. The average Bonchev–Trinajstić information content (AvgIpc) is 3.20. The molecule has 0 spiro atoms. The molecule has 2 fully saturated rings. The highest BCUT2D eigenvalue weighted by molar-refractivity contribution is 5.90. The van der Waals surface area contributed by atoms with Crippen molar-refractivity contribution in [3.8, 4) is 0 Å². The molecule has 1 aromatic carbocycles. The molecule has 38 heavy (non-hydrogen) atoms. The lowest BCUT2D eigenvalue weighted by Gasteiger charge is -2.37. The summed E-state index contributed by atoms with van der Waals surface area (Å²) < 4.78 is 55.9. The standard InChI is InChI=1S/C27H35F4N5O2/c1-16(27(29,30)31)25-18-7-4-8-21(34-22-11-13-35(2)15-20(22)28)19(18)14-17(33-25)6-5-12-32-26(38)23-9-10-24(37)36(23)3/h4-8,17,20,22-23,25,33-34H,1,9-15H2,2-3H3,(H,32,38)/b6-5+/t17?,20-,22+,23-,25?/m0/s1. The van der Waals surface area contributed by atoms with Gasteiger partial charge in [-0.05, 0) is 43.5 Å². The number of hydrogen-bond donors (Lipinski definition) is 3. The maximum absolute atomic E-state index is 14.7. The molecule has 4 rings (SSSR count). The van der Waals surface area contributed by atoms with Crippen molar-refractivity contribution in [2.75, 3.05) is 39.0 Å². The van der Waals surface area contributed by atoms with Crippen LogP contribution >= 0.6 is 0 Å². The van der Waals surface area contributed by atoms with E-state index in [1.54, 1.807) is 37.4 Å². The highest BCUT2D eigenvalue weighted by Crippen LogP contribution is 2.40. The molecule has 5 atom stereocenters. The third-order valence-electron chi connectivity index (χ3n) is 7.68. The minimum absolute atomic E-state index is 0.0783. The van der Waals surface area contributed by atoms with E-state index in [4.69, 9.17) is 0 Å². The van der Waals surface area contributed by atoms with Gasteiger partial charge in [0.15, 0.2) is 0 Å². The third-order valence-corrected chi connectivity index (χ3v) is 7.68. The van der Waals surface area contributed by atoms with E-state index in [1.807, 2.05) is 11.9 Å². The van der Waals surface area contributed by atoms with Gasteiger partial charge in [0, 0.05) is 50.4 Å². The molecule has 0 radical (unpaired) electrons. The topological polar surface area (TPSA) is 76.7 Å². The van der Waals surface area contributed by atoms with Gasteiger partial charge in [-0.25, -0.2) is 4.39 Å². The molecule has 208 valence electrons. The first-order chi connectivity index (χ1) is 18.0. The van der Waals surface area contributed by atoms with Crippen molar-refractivity contribution in [2.45, 2.75) is 62.2 Å². The maximum atomic E-state index is 14.7. The maximum Gasteiger partial charge on any atom is 0.413 e. The van der Waals surface area contributed by atoms with Crippen LogP contribution < -0.4 is 16.0 Å². The fourth-order valence-corrected chi connectivity index (χ4v) is 5.44. The first kappa shape index (κ1) is 28.1. The number of piperidine rings is 1. The number of alkyl halides is 4. The molecule has 2 saturated heterocycles. The fraction of sp³-hybridized carbons (Fsp3) is 0.556. The van der Waals surface area contributed by atoms with Gasteiger partial charge >= 0.3 is 6.18 Å². The van der Waals surface area contributed by atoms with E-state index < -0.39 is 42.1 Å². The number of amides is 2. The number of nitrogens with zero attached hydrogens (tertiary/aromatic N) is 2. The number of carbonyl (C=O) groups excluding carboxylic acids is 2. The second-order valence-electron chi connectivity index (χ2n) is 10.4. The normalized spacial score (nSPS) is 28.4. The second-order valence-corrected chi connectivity index (χ2v) is 10.4. The Bertz CT molecular complexity index is 1090. The molecule has 0 bridgehead atoms. The number of fused-ring (bicyclic) bond motifs is 1. The van der Waals surface area contributed by atoms with Crippen molar-refractivity contribution in [2.24, 2.45) is 0 Å². The van der Waals surface area contributed by atoms with Gasteiger partial charge in [0.25, 0.3) is 0 Å². The van der Waals surface area contributed by atoms with E-state index in [0.717, 1.165) is 6.54 Å². The molecule has 7 nitrogen and oxygen atoms in total. The van der Waals surface area contributed by atoms with Gasteiger partial charge in [0.05, 0.1) is 12.1 Å². The minimum atomic E-state index is -4.60. The van der Waals surface area contributed by atoms with Crippen LogP contribution in [0.15, 0.2) is 42.5 Å². The third kappa shape index (κ3) is 6.20. The summed E-state index contributed by atoms with van der Waals surface area (Å²) in [6.45, 7) is 4.53. The van der Waals surface area contributed by atoms with Crippen molar-refractivity contribution in [3.63, 3.8) is 0 Å². The van der Waals surface area contributed by atoms with Crippen molar-refractivity contribution in [1.82, 2.24) is 20.4 Å². The molecule has 0 aromatic heterocycles. The lowest BCUT2D eigenvalue weighted by atomic mass is 9.85. The Hall–Kier alpha value is -2.92. The van der Waals surface area contributed by atoms with Crippen LogP contribution in [0.4, 0.5) is 23.2 Å². The molecule has 2 unspecified atom stereocenters. The number of anilines is 1. The predicted molar refractivity (Wildman–Crippen MR) is 137 cm³/mol. The van der Waals surface area contributed by atoms with Crippen molar-refractivity contribution < 1.29 is 27.2 Å². The van der Waals surface area contributed by atoms with Crippen LogP contribution in [-0.2, 0) is 16.0 Å². The van der Waals surface area contributed by atoms with Crippen LogP contribution in [0.2, 0.25) is 0 Å². The Morgan fingerprint density at radius 3 is 2.68 bits per heavy atom. The lowest BCUT2D eigenvalue weighted by Crippen LogP contribution is -2.47. The summed E-state index contributed by atoms with van der Waals surface area (Å²) in [5, 5.41) is 9.07. The Balaban J connectivity index is 1.50. The van der Waals surface area contributed by atoms with Crippen molar-refractivity contribution >= 4 is 17.5 Å². The fourth-order valence-electron chi connectivity index (χ4n) is 5.44. The highest BCUT2D eigenvalue weighted by atomic mass is 19.4. The first-order valence-corrected chi connectivity index (χ1v) is 12.9. The van der Waals surface area contributed by atoms with Gasteiger partial charge in [-0.15, -0.1) is 0 Å². The summed E-state index contributed by atoms with van der Waals surface area (Å²) in [4.78, 5) is 27.4. The van der Waals surface area contributed by atoms with Crippen LogP contribution in [0, 0.1) is 0 Å². The number of hydrogen-bond acceptors (Lipinski definition) is 5. The Kier molecular flexibility index (Phi) is 8.46.